The van der Waals surface area contributed by atoms with Crippen LogP contribution < -0.4 is 5.32 Å². The van der Waals surface area contributed by atoms with Gasteiger partial charge in [-0.05, 0) is 31.5 Å². The zero-order chi connectivity index (χ0) is 16.3. The van der Waals surface area contributed by atoms with Crippen LogP contribution in [0.15, 0.2) is 18.2 Å². The van der Waals surface area contributed by atoms with Crippen molar-refractivity contribution in [2.75, 3.05) is 20.3 Å². The normalized spacial score (nSPS) is 20.3. The smallest absolute Gasteiger partial charge is 0.336 e. The van der Waals surface area contributed by atoms with Gasteiger partial charge in [0.05, 0.1) is 19.6 Å². The summed E-state index contributed by atoms with van der Waals surface area (Å²) in [6.45, 7) is 1.96. The SMILES string of the molecule is COC(=O)[C@](C)(NC(=O)[C@H]1CCOC1)c1cc(F)ccc1F. The second-order valence-electron chi connectivity index (χ2n) is 5.29. The van der Waals surface area contributed by atoms with Crippen LogP contribution >= 0.6 is 0 Å². The molecule has 1 aromatic rings. The van der Waals surface area contributed by atoms with Crippen molar-refractivity contribution in [3.05, 3.63) is 35.4 Å². The maximum Gasteiger partial charge on any atom is 0.336 e. The molecule has 1 aliphatic rings. The Morgan fingerprint density at radius 1 is 1.41 bits per heavy atom. The van der Waals surface area contributed by atoms with Gasteiger partial charge in [0.2, 0.25) is 5.91 Å². The lowest BCUT2D eigenvalue weighted by atomic mass is 9.90. The minimum absolute atomic E-state index is 0.231. The first-order valence-corrected chi connectivity index (χ1v) is 6.82. The Morgan fingerprint density at radius 2 is 2.14 bits per heavy atom. The molecule has 120 valence electrons. The van der Waals surface area contributed by atoms with Gasteiger partial charge in [-0.15, -0.1) is 0 Å². The molecule has 1 heterocycles. The Balaban J connectivity index is 2.37. The number of nitrogens with one attached hydrogen (secondary N) is 1. The van der Waals surface area contributed by atoms with E-state index in [1.54, 1.807) is 0 Å². The fraction of sp³-hybridized carbons (Fsp3) is 0.467. The van der Waals surface area contributed by atoms with E-state index in [2.05, 4.69) is 10.1 Å². The number of amides is 1. The molecule has 2 rings (SSSR count). The predicted molar refractivity (Wildman–Crippen MR) is 72.8 cm³/mol. The summed E-state index contributed by atoms with van der Waals surface area (Å²) in [5.74, 6) is -3.30. The van der Waals surface area contributed by atoms with E-state index in [0.717, 1.165) is 25.3 Å². The Kier molecular flexibility index (Phi) is 4.75. The van der Waals surface area contributed by atoms with Gasteiger partial charge in [-0.3, -0.25) is 4.79 Å². The van der Waals surface area contributed by atoms with Gasteiger partial charge in [0.1, 0.15) is 11.6 Å². The van der Waals surface area contributed by atoms with Crippen molar-refractivity contribution in [2.45, 2.75) is 18.9 Å². The third-order valence-corrected chi connectivity index (χ3v) is 3.73. The molecule has 0 aliphatic carbocycles. The van der Waals surface area contributed by atoms with Crippen molar-refractivity contribution < 1.29 is 27.8 Å². The molecule has 0 aromatic heterocycles. The number of hydrogen-bond acceptors (Lipinski definition) is 4. The Bertz CT molecular complexity index is 587. The quantitative estimate of drug-likeness (QED) is 0.856. The Labute approximate surface area is 126 Å². The first-order chi connectivity index (χ1) is 10.4. The Hall–Kier alpha value is -2.02. The van der Waals surface area contributed by atoms with E-state index in [-0.39, 0.29) is 12.2 Å². The highest BCUT2D eigenvalue weighted by atomic mass is 19.1. The molecule has 1 aliphatic heterocycles. The number of carbonyl (C=O) groups is 2. The molecule has 1 fully saturated rings. The average Bonchev–Trinajstić information content (AvgIpc) is 3.03. The number of hydrogen-bond donors (Lipinski definition) is 1. The van der Waals surface area contributed by atoms with Crippen molar-refractivity contribution in [1.29, 1.82) is 0 Å². The van der Waals surface area contributed by atoms with Crippen LogP contribution in [0.2, 0.25) is 0 Å². The molecule has 1 amide bonds. The van der Waals surface area contributed by atoms with Crippen LogP contribution in [-0.4, -0.2) is 32.2 Å². The number of esters is 1. The lowest BCUT2D eigenvalue weighted by Crippen LogP contribution is -2.52. The number of ether oxygens (including phenoxy) is 2. The zero-order valence-electron chi connectivity index (χ0n) is 12.3. The van der Waals surface area contributed by atoms with E-state index < -0.39 is 35.0 Å². The average molecular weight is 313 g/mol. The number of halogens is 2. The van der Waals surface area contributed by atoms with Gasteiger partial charge in [-0.1, -0.05) is 0 Å². The standard InChI is InChI=1S/C15H17F2NO4/c1-15(14(20)21-2,11-7-10(16)3-4-12(11)17)18-13(19)9-5-6-22-8-9/h3-4,7,9H,5-6,8H2,1-2H3,(H,18,19)/t9-,15+/m0/s1. The lowest BCUT2D eigenvalue weighted by Gasteiger charge is -2.29. The van der Waals surface area contributed by atoms with Crippen molar-refractivity contribution in [2.24, 2.45) is 5.92 Å². The van der Waals surface area contributed by atoms with Gasteiger partial charge in [0.25, 0.3) is 0 Å². The number of rotatable bonds is 4. The summed E-state index contributed by atoms with van der Waals surface area (Å²) in [5.41, 5.74) is -2.10. The minimum atomic E-state index is -1.82. The van der Waals surface area contributed by atoms with E-state index in [1.807, 2.05) is 0 Å². The lowest BCUT2D eigenvalue weighted by molar-refractivity contribution is -0.151. The van der Waals surface area contributed by atoms with Gasteiger partial charge in [0.15, 0.2) is 5.54 Å². The number of benzene rings is 1. The van der Waals surface area contributed by atoms with Crippen LogP contribution in [0.3, 0.4) is 0 Å². The third kappa shape index (κ3) is 3.09. The highest BCUT2D eigenvalue weighted by molar-refractivity contribution is 5.90. The molecule has 0 radical (unpaired) electrons. The molecule has 1 N–H and O–H groups in total. The highest BCUT2D eigenvalue weighted by Gasteiger charge is 2.42. The molecular formula is C15H17F2NO4. The molecule has 1 aromatic carbocycles. The summed E-state index contributed by atoms with van der Waals surface area (Å²) in [6, 6.07) is 2.71. The van der Waals surface area contributed by atoms with Gasteiger partial charge in [-0.25, -0.2) is 13.6 Å². The molecule has 5 nitrogen and oxygen atoms in total. The van der Waals surface area contributed by atoms with Crippen LogP contribution in [0.4, 0.5) is 8.78 Å². The van der Waals surface area contributed by atoms with Gasteiger partial charge in [0, 0.05) is 12.2 Å². The molecule has 0 unspecified atom stereocenters. The fourth-order valence-electron chi connectivity index (χ4n) is 2.40. The second-order valence-corrected chi connectivity index (χ2v) is 5.29. The first kappa shape index (κ1) is 16.4. The molecule has 0 bridgehead atoms. The zero-order valence-corrected chi connectivity index (χ0v) is 12.3. The van der Waals surface area contributed by atoms with Crippen LogP contribution in [0.1, 0.15) is 18.9 Å². The molecule has 0 saturated carbocycles. The van der Waals surface area contributed by atoms with E-state index in [0.29, 0.717) is 13.0 Å². The van der Waals surface area contributed by atoms with E-state index in [1.165, 1.54) is 6.92 Å². The molecule has 22 heavy (non-hydrogen) atoms. The highest BCUT2D eigenvalue weighted by Crippen LogP contribution is 2.27. The van der Waals surface area contributed by atoms with Gasteiger partial charge >= 0.3 is 5.97 Å². The topological polar surface area (TPSA) is 64.6 Å². The number of carbonyl (C=O) groups excluding carboxylic acids is 2. The van der Waals surface area contributed by atoms with Gasteiger partial charge in [-0.2, -0.15) is 0 Å². The van der Waals surface area contributed by atoms with Crippen molar-refractivity contribution in [3.8, 4) is 0 Å². The summed E-state index contributed by atoms with van der Waals surface area (Å²) in [6.07, 6.45) is 0.509. The van der Waals surface area contributed by atoms with E-state index in [4.69, 9.17) is 4.74 Å². The van der Waals surface area contributed by atoms with Crippen molar-refractivity contribution in [1.82, 2.24) is 5.32 Å². The number of methoxy groups -OCH3 is 1. The maximum absolute atomic E-state index is 14.0. The van der Waals surface area contributed by atoms with Gasteiger partial charge < -0.3 is 14.8 Å². The van der Waals surface area contributed by atoms with Crippen molar-refractivity contribution in [3.63, 3.8) is 0 Å². The van der Waals surface area contributed by atoms with Crippen LogP contribution in [-0.2, 0) is 24.6 Å². The summed E-state index contributed by atoms with van der Waals surface area (Å²) in [5, 5.41) is 2.47. The molecule has 0 spiro atoms. The molecule has 2 atom stereocenters. The second kappa shape index (κ2) is 6.39. The fourth-order valence-corrected chi connectivity index (χ4v) is 2.40. The largest absolute Gasteiger partial charge is 0.467 e. The monoisotopic (exact) mass is 313 g/mol. The van der Waals surface area contributed by atoms with Crippen LogP contribution in [0, 0.1) is 17.6 Å². The molecular weight excluding hydrogens is 296 g/mol. The van der Waals surface area contributed by atoms with Crippen LogP contribution in [0.5, 0.6) is 0 Å². The summed E-state index contributed by atoms with van der Waals surface area (Å²) < 4.78 is 37.2. The van der Waals surface area contributed by atoms with E-state index in [9.17, 15) is 18.4 Å². The summed E-state index contributed by atoms with van der Waals surface area (Å²) in [4.78, 5) is 24.3. The first-order valence-electron chi connectivity index (χ1n) is 6.82. The predicted octanol–water partition coefficient (Wildman–Crippen LogP) is 1.51. The minimum Gasteiger partial charge on any atom is -0.467 e. The summed E-state index contributed by atoms with van der Waals surface area (Å²) >= 11 is 0. The van der Waals surface area contributed by atoms with Crippen LogP contribution in [0.25, 0.3) is 0 Å². The maximum atomic E-state index is 14.0. The van der Waals surface area contributed by atoms with E-state index >= 15 is 0 Å². The third-order valence-electron chi connectivity index (χ3n) is 3.73. The molecule has 1 saturated heterocycles. The van der Waals surface area contributed by atoms with Crippen molar-refractivity contribution >= 4 is 11.9 Å². The molecule has 7 heteroatoms. The Morgan fingerprint density at radius 3 is 2.73 bits per heavy atom. The summed E-state index contributed by atoms with van der Waals surface area (Å²) in [7, 11) is 1.11.